The average Bonchev–Trinajstić information content (AvgIpc) is 2.89. The van der Waals surface area contributed by atoms with E-state index in [1.165, 1.54) is 5.56 Å². The number of hydrogen-bond acceptors (Lipinski definition) is 7. The molecule has 0 saturated carbocycles. The van der Waals surface area contributed by atoms with Crippen LogP contribution in [0.3, 0.4) is 0 Å². The van der Waals surface area contributed by atoms with E-state index in [1.807, 2.05) is 29.2 Å². The Labute approximate surface area is 187 Å². The predicted molar refractivity (Wildman–Crippen MR) is 124 cm³/mol. The van der Waals surface area contributed by atoms with Gasteiger partial charge in [-0.2, -0.15) is 0 Å². The van der Waals surface area contributed by atoms with Crippen LogP contribution in [0.1, 0.15) is 22.0 Å². The summed E-state index contributed by atoms with van der Waals surface area (Å²) in [6.07, 6.45) is 5.24. The van der Waals surface area contributed by atoms with Crippen molar-refractivity contribution in [1.29, 1.82) is 0 Å². The molecule has 2 aromatic heterocycles. The Morgan fingerprint density at radius 2 is 1.62 bits per heavy atom. The van der Waals surface area contributed by atoms with Gasteiger partial charge in [-0.05, 0) is 23.8 Å². The zero-order valence-electron chi connectivity index (χ0n) is 18.0. The number of aromatic nitrogens is 3. The fourth-order valence-corrected chi connectivity index (χ4v) is 4.34. The molecule has 5 rings (SSSR count). The molecule has 0 radical (unpaired) electrons. The summed E-state index contributed by atoms with van der Waals surface area (Å²) in [6.45, 7) is 5.32. The number of amides is 1. The first kappa shape index (κ1) is 20.4. The van der Waals surface area contributed by atoms with Gasteiger partial charge in [-0.25, -0.2) is 15.0 Å². The Hall–Kier alpha value is -3.52. The zero-order valence-corrected chi connectivity index (χ0v) is 18.0. The van der Waals surface area contributed by atoms with E-state index in [-0.39, 0.29) is 11.9 Å². The molecule has 0 aliphatic carbocycles. The van der Waals surface area contributed by atoms with Crippen molar-refractivity contribution in [3.05, 3.63) is 78.2 Å². The van der Waals surface area contributed by atoms with Crippen LogP contribution in [0.15, 0.2) is 67.1 Å². The van der Waals surface area contributed by atoms with Crippen LogP contribution in [0.5, 0.6) is 0 Å². The highest BCUT2D eigenvalue weighted by Crippen LogP contribution is 2.22. The SMILES string of the molecule is O=C(c1ccnc(N2CCN[C@@H](c3ccccc3)C2)c1)N1CCN(c2ncccn2)CC1. The fraction of sp³-hybridized carbons (Fsp3) is 0.333. The smallest absolute Gasteiger partial charge is 0.254 e. The van der Waals surface area contributed by atoms with E-state index in [0.29, 0.717) is 18.7 Å². The lowest BCUT2D eigenvalue weighted by Crippen LogP contribution is -2.49. The highest BCUT2D eigenvalue weighted by atomic mass is 16.2. The number of benzene rings is 1. The van der Waals surface area contributed by atoms with E-state index in [0.717, 1.165) is 44.5 Å². The highest BCUT2D eigenvalue weighted by molar-refractivity contribution is 5.95. The van der Waals surface area contributed by atoms with Crippen LogP contribution >= 0.6 is 0 Å². The minimum atomic E-state index is 0.0528. The van der Waals surface area contributed by atoms with Gasteiger partial charge in [-0.1, -0.05) is 30.3 Å². The molecule has 4 heterocycles. The lowest BCUT2D eigenvalue weighted by Gasteiger charge is -2.36. The van der Waals surface area contributed by atoms with Crippen molar-refractivity contribution in [2.45, 2.75) is 6.04 Å². The molecule has 1 N–H and O–H groups in total. The first-order valence-corrected chi connectivity index (χ1v) is 11.1. The molecule has 2 aliphatic heterocycles. The Morgan fingerprint density at radius 1 is 0.844 bits per heavy atom. The van der Waals surface area contributed by atoms with E-state index in [4.69, 9.17) is 0 Å². The Bertz CT molecular complexity index is 1040. The molecular weight excluding hydrogens is 402 g/mol. The normalized spacial score (nSPS) is 19.1. The second kappa shape index (κ2) is 9.32. The molecule has 3 aromatic rings. The lowest BCUT2D eigenvalue weighted by atomic mass is 10.0. The summed E-state index contributed by atoms with van der Waals surface area (Å²) >= 11 is 0. The Morgan fingerprint density at radius 3 is 2.41 bits per heavy atom. The van der Waals surface area contributed by atoms with Gasteiger partial charge in [-0.15, -0.1) is 0 Å². The molecule has 1 aromatic carbocycles. The van der Waals surface area contributed by atoms with E-state index < -0.39 is 0 Å². The van der Waals surface area contributed by atoms with Crippen LogP contribution in [0.4, 0.5) is 11.8 Å². The molecule has 1 amide bonds. The molecule has 2 aliphatic rings. The molecule has 0 unspecified atom stereocenters. The van der Waals surface area contributed by atoms with Gasteiger partial charge >= 0.3 is 0 Å². The standard InChI is InChI=1S/C24H27N7O/c32-23(29-13-15-30(16-14-29)24-27-8-4-9-28-24)20-7-10-26-22(17-20)31-12-11-25-21(18-31)19-5-2-1-3-6-19/h1-10,17,21,25H,11-16,18H2/t21-/m1/s1. The number of carbonyl (C=O) groups excluding carboxylic acids is 1. The number of carbonyl (C=O) groups is 1. The van der Waals surface area contributed by atoms with Crippen LogP contribution in [-0.4, -0.2) is 71.6 Å². The second-order valence-corrected chi connectivity index (χ2v) is 8.09. The van der Waals surface area contributed by atoms with Crippen LogP contribution in [-0.2, 0) is 0 Å². The summed E-state index contributed by atoms with van der Waals surface area (Å²) in [5.74, 6) is 1.63. The summed E-state index contributed by atoms with van der Waals surface area (Å²) in [7, 11) is 0. The first-order chi connectivity index (χ1) is 15.8. The number of nitrogens with one attached hydrogen (secondary N) is 1. The maximum absolute atomic E-state index is 13.2. The van der Waals surface area contributed by atoms with E-state index in [1.54, 1.807) is 18.6 Å². The molecule has 8 heteroatoms. The zero-order chi connectivity index (χ0) is 21.8. The lowest BCUT2D eigenvalue weighted by molar-refractivity contribution is 0.0746. The van der Waals surface area contributed by atoms with Crippen LogP contribution < -0.4 is 15.1 Å². The number of piperazine rings is 2. The molecule has 0 spiro atoms. The summed E-state index contributed by atoms with van der Waals surface area (Å²) in [4.78, 5) is 32.7. The number of anilines is 2. The monoisotopic (exact) mass is 429 g/mol. The summed E-state index contributed by atoms with van der Waals surface area (Å²) in [5.41, 5.74) is 1.96. The largest absolute Gasteiger partial charge is 0.353 e. The Balaban J connectivity index is 1.24. The maximum atomic E-state index is 13.2. The van der Waals surface area contributed by atoms with E-state index in [9.17, 15) is 4.79 Å². The van der Waals surface area contributed by atoms with Crippen LogP contribution in [0.2, 0.25) is 0 Å². The van der Waals surface area contributed by atoms with Gasteiger partial charge in [0.1, 0.15) is 5.82 Å². The number of hydrogen-bond donors (Lipinski definition) is 1. The highest BCUT2D eigenvalue weighted by Gasteiger charge is 2.25. The van der Waals surface area contributed by atoms with Gasteiger partial charge in [0, 0.05) is 76.0 Å². The minimum absolute atomic E-state index is 0.0528. The third kappa shape index (κ3) is 4.40. The molecule has 0 bridgehead atoms. The average molecular weight is 430 g/mol. The summed E-state index contributed by atoms with van der Waals surface area (Å²) in [5, 5.41) is 3.58. The van der Waals surface area contributed by atoms with Crippen molar-refractivity contribution >= 4 is 17.7 Å². The minimum Gasteiger partial charge on any atom is -0.353 e. The van der Waals surface area contributed by atoms with Crippen molar-refractivity contribution in [3.8, 4) is 0 Å². The van der Waals surface area contributed by atoms with Gasteiger partial charge < -0.3 is 20.0 Å². The Kier molecular flexibility index (Phi) is 5.93. The van der Waals surface area contributed by atoms with Gasteiger partial charge in [0.05, 0.1) is 0 Å². The topological polar surface area (TPSA) is 77.5 Å². The maximum Gasteiger partial charge on any atom is 0.254 e. The van der Waals surface area contributed by atoms with Gasteiger partial charge in [0.25, 0.3) is 5.91 Å². The quantitative estimate of drug-likeness (QED) is 0.680. The number of pyridine rings is 1. The first-order valence-electron chi connectivity index (χ1n) is 11.1. The molecule has 2 fully saturated rings. The van der Waals surface area contributed by atoms with Crippen molar-refractivity contribution < 1.29 is 4.79 Å². The molecular formula is C24H27N7O. The molecule has 164 valence electrons. The van der Waals surface area contributed by atoms with E-state index in [2.05, 4.69) is 54.3 Å². The number of rotatable bonds is 4. The molecule has 8 nitrogen and oxygen atoms in total. The van der Waals surface area contributed by atoms with Crippen molar-refractivity contribution in [2.75, 3.05) is 55.6 Å². The molecule has 1 atom stereocenters. The van der Waals surface area contributed by atoms with E-state index >= 15 is 0 Å². The van der Waals surface area contributed by atoms with Crippen molar-refractivity contribution in [1.82, 2.24) is 25.2 Å². The predicted octanol–water partition coefficient (Wildman–Crippen LogP) is 1.98. The molecule has 2 saturated heterocycles. The van der Waals surface area contributed by atoms with Crippen molar-refractivity contribution in [2.24, 2.45) is 0 Å². The van der Waals surface area contributed by atoms with Gasteiger partial charge in [0.2, 0.25) is 5.95 Å². The summed E-state index contributed by atoms with van der Waals surface area (Å²) < 4.78 is 0. The summed E-state index contributed by atoms with van der Waals surface area (Å²) in [6, 6.07) is 16.3. The van der Waals surface area contributed by atoms with Gasteiger partial charge in [-0.3, -0.25) is 4.79 Å². The van der Waals surface area contributed by atoms with Gasteiger partial charge in [0.15, 0.2) is 0 Å². The fourth-order valence-electron chi connectivity index (χ4n) is 4.34. The van der Waals surface area contributed by atoms with Crippen LogP contribution in [0.25, 0.3) is 0 Å². The van der Waals surface area contributed by atoms with Crippen LogP contribution in [0, 0.1) is 0 Å². The third-order valence-electron chi connectivity index (χ3n) is 6.10. The number of nitrogens with zero attached hydrogens (tertiary/aromatic N) is 6. The second-order valence-electron chi connectivity index (χ2n) is 8.09. The molecule has 32 heavy (non-hydrogen) atoms. The van der Waals surface area contributed by atoms with Crippen molar-refractivity contribution in [3.63, 3.8) is 0 Å². The third-order valence-corrected chi connectivity index (χ3v) is 6.10.